The number of carbonyl (C=O) groups excluding carboxylic acids is 1. The molecular weight excluding hydrogens is 200 g/mol. The van der Waals surface area contributed by atoms with Crippen LogP contribution in [0.1, 0.15) is 34.1 Å². The number of carbonyl (C=O) groups is 1. The molecule has 0 rings (SSSR count). The molecule has 0 saturated carbocycles. The maximum absolute atomic E-state index is 11.3. The van der Waals surface area contributed by atoms with Crippen molar-refractivity contribution >= 4 is 29.3 Å². The zero-order valence-corrected chi connectivity index (χ0v) is 10.6. The van der Waals surface area contributed by atoms with Gasteiger partial charge in [0.25, 0.3) is 0 Å². The van der Waals surface area contributed by atoms with E-state index in [0.717, 1.165) is 11.5 Å². The number of ketones is 1. The van der Waals surface area contributed by atoms with Crippen LogP contribution in [0.3, 0.4) is 0 Å². The molecule has 0 aliphatic carbocycles. The topological polar surface area (TPSA) is 17.1 Å². The molecule has 0 bridgehead atoms. The van der Waals surface area contributed by atoms with Gasteiger partial charge in [-0.1, -0.05) is 20.8 Å². The van der Waals surface area contributed by atoms with Gasteiger partial charge in [0.2, 0.25) is 0 Å². The average Bonchev–Trinajstić information content (AvgIpc) is 2.13. The molecule has 3 heteroatoms. The number of hydrogen-bond acceptors (Lipinski definition) is 3. The smallest absolute Gasteiger partial charge is 0.145 e. The Morgan fingerprint density at radius 3 is 2.31 bits per heavy atom. The molecule has 13 heavy (non-hydrogen) atoms. The summed E-state index contributed by atoms with van der Waals surface area (Å²) in [6.45, 7) is 8.35. The highest BCUT2D eigenvalue weighted by molar-refractivity contribution is 8.03. The second kappa shape index (κ2) is 7.74. The number of thioether (sulfide) groups is 2. The lowest BCUT2D eigenvalue weighted by atomic mass is 10.2. The van der Waals surface area contributed by atoms with Crippen LogP contribution in [0.4, 0.5) is 0 Å². The Kier molecular flexibility index (Phi) is 7.96. The van der Waals surface area contributed by atoms with E-state index in [1.165, 1.54) is 0 Å². The van der Waals surface area contributed by atoms with Gasteiger partial charge in [-0.05, 0) is 12.7 Å². The number of rotatable bonds is 7. The van der Waals surface area contributed by atoms with Gasteiger partial charge < -0.3 is 0 Å². The summed E-state index contributed by atoms with van der Waals surface area (Å²) in [5, 5.41) is 0.854. The molecule has 0 saturated heterocycles. The third kappa shape index (κ3) is 6.44. The fourth-order valence-corrected chi connectivity index (χ4v) is 3.09. The van der Waals surface area contributed by atoms with Crippen molar-refractivity contribution in [2.24, 2.45) is 0 Å². The Morgan fingerprint density at radius 2 is 1.85 bits per heavy atom. The Balaban J connectivity index is 3.56. The first kappa shape index (κ1) is 13.4. The van der Waals surface area contributed by atoms with Crippen molar-refractivity contribution in [2.45, 2.75) is 44.6 Å². The van der Waals surface area contributed by atoms with Crippen molar-refractivity contribution in [3.63, 3.8) is 0 Å². The molecule has 0 aliphatic rings. The zero-order valence-electron chi connectivity index (χ0n) is 9.00. The van der Waals surface area contributed by atoms with Crippen molar-refractivity contribution in [3.05, 3.63) is 0 Å². The predicted octanol–water partition coefficient (Wildman–Crippen LogP) is 3.23. The number of hydrogen-bond donors (Lipinski definition) is 0. The van der Waals surface area contributed by atoms with Gasteiger partial charge in [-0.15, -0.1) is 11.8 Å². The average molecular weight is 220 g/mol. The maximum atomic E-state index is 11.3. The summed E-state index contributed by atoms with van der Waals surface area (Å²) >= 11 is 3.75. The Bertz CT molecular complexity index is 148. The van der Waals surface area contributed by atoms with E-state index in [1.807, 2.05) is 25.6 Å². The van der Waals surface area contributed by atoms with Crippen molar-refractivity contribution in [1.82, 2.24) is 0 Å². The Hall–Kier alpha value is 0.370. The van der Waals surface area contributed by atoms with Gasteiger partial charge >= 0.3 is 0 Å². The van der Waals surface area contributed by atoms with Crippen LogP contribution in [-0.2, 0) is 4.79 Å². The summed E-state index contributed by atoms with van der Waals surface area (Å²) in [5.74, 6) is 2.63. The monoisotopic (exact) mass is 220 g/mol. The SMILES string of the molecule is CCSC(C)CSC(C)C(=O)CC. The Morgan fingerprint density at radius 1 is 1.23 bits per heavy atom. The summed E-state index contributed by atoms with van der Waals surface area (Å²) in [6.07, 6.45) is 0.670. The van der Waals surface area contributed by atoms with Gasteiger partial charge in [0.15, 0.2) is 0 Å². The highest BCUT2D eigenvalue weighted by atomic mass is 32.2. The minimum atomic E-state index is 0.185. The highest BCUT2D eigenvalue weighted by Crippen LogP contribution is 2.20. The van der Waals surface area contributed by atoms with Crippen molar-refractivity contribution in [2.75, 3.05) is 11.5 Å². The Labute approximate surface area is 90.4 Å². The third-order valence-corrected chi connectivity index (χ3v) is 4.57. The molecule has 0 aromatic rings. The first-order chi connectivity index (χ1) is 6.11. The fraction of sp³-hybridized carbons (Fsp3) is 0.900. The van der Waals surface area contributed by atoms with Crippen molar-refractivity contribution < 1.29 is 4.79 Å². The lowest BCUT2D eigenvalue weighted by Crippen LogP contribution is -2.14. The van der Waals surface area contributed by atoms with E-state index < -0.39 is 0 Å². The minimum absolute atomic E-state index is 0.185. The first-order valence-corrected chi connectivity index (χ1v) is 6.97. The molecule has 0 aromatic carbocycles. The molecule has 78 valence electrons. The third-order valence-electron chi connectivity index (χ3n) is 1.83. The summed E-state index contributed by atoms with van der Waals surface area (Å²) in [7, 11) is 0. The van der Waals surface area contributed by atoms with Crippen LogP contribution in [0.2, 0.25) is 0 Å². The lowest BCUT2D eigenvalue weighted by Gasteiger charge is -2.12. The normalized spacial score (nSPS) is 15.4. The molecule has 0 heterocycles. The van der Waals surface area contributed by atoms with E-state index in [0.29, 0.717) is 17.5 Å². The van der Waals surface area contributed by atoms with E-state index in [2.05, 4.69) is 13.8 Å². The van der Waals surface area contributed by atoms with E-state index in [-0.39, 0.29) is 5.25 Å². The van der Waals surface area contributed by atoms with Gasteiger partial charge in [0.05, 0.1) is 5.25 Å². The molecular formula is C10H20OS2. The van der Waals surface area contributed by atoms with Gasteiger partial charge in [-0.3, -0.25) is 4.79 Å². The fourth-order valence-electron chi connectivity index (χ4n) is 0.993. The second-order valence-corrected chi connectivity index (χ2v) is 6.15. The van der Waals surface area contributed by atoms with Gasteiger partial charge in [0, 0.05) is 17.4 Å². The van der Waals surface area contributed by atoms with Crippen LogP contribution in [0, 0.1) is 0 Å². The van der Waals surface area contributed by atoms with E-state index in [9.17, 15) is 4.79 Å². The van der Waals surface area contributed by atoms with Gasteiger partial charge in [-0.2, -0.15) is 11.8 Å². The summed E-state index contributed by atoms with van der Waals surface area (Å²) in [4.78, 5) is 11.3. The molecule has 0 fully saturated rings. The minimum Gasteiger partial charge on any atom is -0.298 e. The van der Waals surface area contributed by atoms with Crippen LogP contribution in [-0.4, -0.2) is 27.8 Å². The van der Waals surface area contributed by atoms with Crippen molar-refractivity contribution in [1.29, 1.82) is 0 Å². The largest absolute Gasteiger partial charge is 0.298 e. The highest BCUT2D eigenvalue weighted by Gasteiger charge is 2.12. The molecule has 2 atom stereocenters. The van der Waals surface area contributed by atoms with E-state index >= 15 is 0 Å². The predicted molar refractivity (Wildman–Crippen MR) is 64.8 cm³/mol. The first-order valence-electron chi connectivity index (χ1n) is 4.87. The summed E-state index contributed by atoms with van der Waals surface area (Å²) < 4.78 is 0. The molecule has 0 amide bonds. The summed E-state index contributed by atoms with van der Waals surface area (Å²) in [5.41, 5.74) is 0. The maximum Gasteiger partial charge on any atom is 0.145 e. The van der Waals surface area contributed by atoms with Crippen LogP contribution >= 0.6 is 23.5 Å². The molecule has 0 radical (unpaired) electrons. The molecule has 2 unspecified atom stereocenters. The zero-order chi connectivity index (χ0) is 10.3. The standard InChI is InChI=1S/C10H20OS2/c1-5-10(11)9(4)13-7-8(3)12-6-2/h8-9H,5-7H2,1-4H3. The van der Waals surface area contributed by atoms with Crippen LogP contribution in [0.25, 0.3) is 0 Å². The number of Topliss-reactive ketones (excluding diaryl/α,β-unsaturated/α-hetero) is 1. The van der Waals surface area contributed by atoms with Crippen LogP contribution in [0.5, 0.6) is 0 Å². The summed E-state index contributed by atoms with van der Waals surface area (Å²) in [6, 6.07) is 0. The van der Waals surface area contributed by atoms with Crippen LogP contribution < -0.4 is 0 Å². The molecule has 0 aliphatic heterocycles. The van der Waals surface area contributed by atoms with Crippen LogP contribution in [0.15, 0.2) is 0 Å². The molecule has 0 N–H and O–H groups in total. The molecule has 0 spiro atoms. The molecule has 0 aromatic heterocycles. The van der Waals surface area contributed by atoms with Gasteiger partial charge in [-0.25, -0.2) is 0 Å². The molecule has 1 nitrogen and oxygen atoms in total. The van der Waals surface area contributed by atoms with E-state index in [1.54, 1.807) is 11.8 Å². The lowest BCUT2D eigenvalue weighted by molar-refractivity contribution is -0.117. The quantitative estimate of drug-likeness (QED) is 0.656. The van der Waals surface area contributed by atoms with Crippen molar-refractivity contribution in [3.8, 4) is 0 Å². The van der Waals surface area contributed by atoms with E-state index in [4.69, 9.17) is 0 Å². The second-order valence-electron chi connectivity index (χ2n) is 3.06. The van der Waals surface area contributed by atoms with Gasteiger partial charge in [0.1, 0.15) is 5.78 Å².